The topological polar surface area (TPSA) is 104 Å². The number of carboxylic acids is 1. The standard InChI is InChI=1S/C26H40N4O4/c1-25(2,3)22(24(34)29(7)15-11-14-20(31)32)28-23(33)21(27-6)26(4,5)18-16-30(8)19-13-10-9-12-17(18)19/h9-10,12-13,16,21-22,27H,11,14-15H2,1-8H3,(H,28,33)(H,31,32)/t21?,22-/m1/s1. The summed E-state index contributed by atoms with van der Waals surface area (Å²) in [5, 5.41) is 16.1. The first kappa shape index (κ1) is 27.4. The molecule has 1 unspecified atom stereocenters. The summed E-state index contributed by atoms with van der Waals surface area (Å²) in [6.45, 7) is 10.1. The molecule has 0 aliphatic rings. The van der Waals surface area contributed by atoms with Gasteiger partial charge in [-0.1, -0.05) is 52.8 Å². The fourth-order valence-electron chi connectivity index (χ4n) is 4.50. The minimum atomic E-state index is -0.894. The fraction of sp³-hybridized carbons (Fsp3) is 0.577. The number of aromatic nitrogens is 1. The summed E-state index contributed by atoms with van der Waals surface area (Å²) in [6.07, 6.45) is 2.41. The number of carbonyl (C=O) groups is 3. The maximum absolute atomic E-state index is 13.6. The van der Waals surface area contributed by atoms with Gasteiger partial charge in [0, 0.05) is 49.6 Å². The van der Waals surface area contributed by atoms with Gasteiger partial charge in [-0.15, -0.1) is 0 Å². The minimum Gasteiger partial charge on any atom is -0.481 e. The highest BCUT2D eigenvalue weighted by Gasteiger charge is 2.41. The van der Waals surface area contributed by atoms with E-state index in [1.165, 1.54) is 4.90 Å². The lowest BCUT2D eigenvalue weighted by molar-refractivity contribution is -0.140. The van der Waals surface area contributed by atoms with E-state index in [1.807, 2.05) is 53.8 Å². The molecule has 1 heterocycles. The van der Waals surface area contributed by atoms with Crippen LogP contribution in [0.15, 0.2) is 30.5 Å². The number of benzene rings is 1. The predicted octanol–water partition coefficient (Wildman–Crippen LogP) is 2.90. The van der Waals surface area contributed by atoms with Crippen molar-refractivity contribution in [3.63, 3.8) is 0 Å². The van der Waals surface area contributed by atoms with E-state index in [9.17, 15) is 14.4 Å². The lowest BCUT2D eigenvalue weighted by Crippen LogP contribution is -2.60. The normalized spacial score (nSPS) is 14.0. The summed E-state index contributed by atoms with van der Waals surface area (Å²) in [5.74, 6) is -1.38. The van der Waals surface area contributed by atoms with Crippen molar-refractivity contribution in [2.24, 2.45) is 12.5 Å². The number of carbonyl (C=O) groups excluding carboxylic acids is 2. The molecule has 8 heteroatoms. The van der Waals surface area contributed by atoms with Crippen LogP contribution in [-0.2, 0) is 26.8 Å². The summed E-state index contributed by atoms with van der Waals surface area (Å²) < 4.78 is 2.06. The van der Waals surface area contributed by atoms with E-state index in [0.29, 0.717) is 13.0 Å². The number of likely N-dealkylation sites (N-methyl/N-ethyl adjacent to an activating group) is 2. The van der Waals surface area contributed by atoms with Crippen molar-refractivity contribution in [1.82, 2.24) is 20.1 Å². The highest BCUT2D eigenvalue weighted by molar-refractivity contribution is 5.92. The average molecular weight is 473 g/mol. The van der Waals surface area contributed by atoms with Gasteiger partial charge in [-0.2, -0.15) is 0 Å². The second-order valence-corrected chi connectivity index (χ2v) is 10.7. The number of fused-ring (bicyclic) bond motifs is 1. The van der Waals surface area contributed by atoms with Crippen molar-refractivity contribution < 1.29 is 19.5 Å². The van der Waals surface area contributed by atoms with Gasteiger partial charge in [0.1, 0.15) is 6.04 Å². The fourth-order valence-corrected chi connectivity index (χ4v) is 4.50. The third-order valence-corrected chi connectivity index (χ3v) is 6.52. The molecule has 8 nitrogen and oxygen atoms in total. The second kappa shape index (κ2) is 10.6. The van der Waals surface area contributed by atoms with Gasteiger partial charge in [-0.3, -0.25) is 14.4 Å². The number of hydrogen-bond acceptors (Lipinski definition) is 4. The zero-order chi connectivity index (χ0) is 25.8. The highest BCUT2D eigenvalue weighted by Crippen LogP contribution is 2.34. The number of nitrogens with zero attached hydrogens (tertiary/aromatic N) is 2. The van der Waals surface area contributed by atoms with Crippen LogP contribution in [0.3, 0.4) is 0 Å². The Morgan fingerprint density at radius 2 is 1.71 bits per heavy atom. The van der Waals surface area contributed by atoms with Crippen LogP contribution in [0.25, 0.3) is 10.9 Å². The molecule has 2 atom stereocenters. The van der Waals surface area contributed by atoms with Crippen LogP contribution in [-0.4, -0.2) is 65.1 Å². The van der Waals surface area contributed by atoms with Gasteiger partial charge in [-0.05, 0) is 30.5 Å². The number of hydrogen-bond donors (Lipinski definition) is 3. The second-order valence-electron chi connectivity index (χ2n) is 10.7. The van der Waals surface area contributed by atoms with E-state index in [2.05, 4.69) is 33.5 Å². The van der Waals surface area contributed by atoms with Gasteiger partial charge in [0.2, 0.25) is 11.8 Å². The van der Waals surface area contributed by atoms with Gasteiger partial charge in [0.15, 0.2) is 0 Å². The molecule has 2 amide bonds. The number of aryl methyl sites for hydroxylation is 1. The molecule has 1 aromatic carbocycles. The molecule has 188 valence electrons. The Balaban J connectivity index is 2.30. The Kier molecular flexibility index (Phi) is 8.53. The molecule has 0 saturated carbocycles. The SMILES string of the molecule is CNC(C(=O)N[C@H](C(=O)N(C)CCCC(=O)O)C(C)(C)C)C(C)(C)c1cn(C)c2ccccc12. The number of para-hydroxylation sites is 1. The zero-order valence-electron chi connectivity index (χ0n) is 21.7. The molecule has 0 aliphatic carbocycles. The van der Waals surface area contributed by atoms with Crippen LogP contribution < -0.4 is 10.6 Å². The molecule has 1 aromatic heterocycles. The van der Waals surface area contributed by atoms with Gasteiger partial charge < -0.3 is 25.2 Å². The molecule has 0 saturated heterocycles. The van der Waals surface area contributed by atoms with Gasteiger partial charge in [0.05, 0.1) is 6.04 Å². The minimum absolute atomic E-state index is 0.00872. The molecular weight excluding hydrogens is 432 g/mol. The molecular formula is C26H40N4O4. The highest BCUT2D eigenvalue weighted by atomic mass is 16.4. The van der Waals surface area contributed by atoms with Gasteiger partial charge >= 0.3 is 5.97 Å². The first-order valence-corrected chi connectivity index (χ1v) is 11.7. The van der Waals surface area contributed by atoms with Crippen LogP contribution in [0.2, 0.25) is 0 Å². The van der Waals surface area contributed by atoms with Crippen molar-refractivity contribution in [2.45, 2.75) is 65.0 Å². The molecule has 0 aliphatic heterocycles. The zero-order valence-corrected chi connectivity index (χ0v) is 21.7. The molecule has 0 fully saturated rings. The number of nitrogens with one attached hydrogen (secondary N) is 2. The molecule has 2 rings (SSSR count). The van der Waals surface area contributed by atoms with Crippen molar-refractivity contribution in [2.75, 3.05) is 20.6 Å². The predicted molar refractivity (Wildman–Crippen MR) is 135 cm³/mol. The molecule has 0 radical (unpaired) electrons. The Morgan fingerprint density at radius 1 is 1.09 bits per heavy atom. The smallest absolute Gasteiger partial charge is 0.303 e. The summed E-state index contributed by atoms with van der Waals surface area (Å²) in [4.78, 5) is 39.2. The van der Waals surface area contributed by atoms with Crippen molar-refractivity contribution >= 4 is 28.7 Å². The van der Waals surface area contributed by atoms with Gasteiger partial charge in [-0.25, -0.2) is 0 Å². The van der Waals surface area contributed by atoms with Crippen molar-refractivity contribution in [1.29, 1.82) is 0 Å². The lowest BCUT2D eigenvalue weighted by atomic mass is 9.76. The maximum Gasteiger partial charge on any atom is 0.303 e. The number of carboxylic acid groups (broad SMARTS) is 1. The molecule has 0 spiro atoms. The maximum atomic E-state index is 13.6. The number of amides is 2. The van der Waals surface area contributed by atoms with Crippen LogP contribution in [0, 0.1) is 5.41 Å². The number of rotatable bonds is 10. The lowest BCUT2D eigenvalue weighted by Gasteiger charge is -2.38. The molecule has 0 bridgehead atoms. The van der Waals surface area contributed by atoms with E-state index in [0.717, 1.165) is 16.5 Å². The third kappa shape index (κ3) is 5.97. The van der Waals surface area contributed by atoms with Crippen LogP contribution >= 0.6 is 0 Å². The van der Waals surface area contributed by atoms with E-state index < -0.39 is 28.9 Å². The summed E-state index contributed by atoms with van der Waals surface area (Å²) in [6, 6.07) is 6.75. The third-order valence-electron chi connectivity index (χ3n) is 6.52. The quantitative estimate of drug-likeness (QED) is 0.493. The summed E-state index contributed by atoms with van der Waals surface area (Å²) >= 11 is 0. The van der Waals surface area contributed by atoms with E-state index in [4.69, 9.17) is 5.11 Å². The van der Waals surface area contributed by atoms with Gasteiger partial charge in [0.25, 0.3) is 0 Å². The van der Waals surface area contributed by atoms with Crippen LogP contribution in [0.5, 0.6) is 0 Å². The summed E-state index contributed by atoms with van der Waals surface area (Å²) in [7, 11) is 5.39. The van der Waals surface area contributed by atoms with E-state index in [-0.39, 0.29) is 18.2 Å². The average Bonchev–Trinajstić information content (AvgIpc) is 3.08. The van der Waals surface area contributed by atoms with Crippen molar-refractivity contribution in [3.8, 4) is 0 Å². The molecule has 3 N–H and O–H groups in total. The first-order valence-electron chi connectivity index (χ1n) is 11.7. The van der Waals surface area contributed by atoms with Crippen LogP contribution in [0.4, 0.5) is 0 Å². The number of aliphatic carboxylic acids is 1. The molecule has 2 aromatic rings. The Hall–Kier alpha value is -2.87. The van der Waals surface area contributed by atoms with E-state index in [1.54, 1.807) is 14.1 Å². The first-order chi connectivity index (χ1) is 15.7. The Labute approximate surface area is 202 Å². The van der Waals surface area contributed by atoms with E-state index >= 15 is 0 Å². The summed E-state index contributed by atoms with van der Waals surface area (Å²) in [5.41, 5.74) is 1.03. The van der Waals surface area contributed by atoms with Crippen molar-refractivity contribution in [3.05, 3.63) is 36.0 Å². The Morgan fingerprint density at radius 3 is 2.26 bits per heavy atom. The Bertz CT molecular complexity index is 1040. The largest absolute Gasteiger partial charge is 0.481 e. The monoisotopic (exact) mass is 472 g/mol. The molecule has 34 heavy (non-hydrogen) atoms. The van der Waals surface area contributed by atoms with Crippen LogP contribution in [0.1, 0.15) is 53.0 Å².